The molecule has 1 aromatic carbocycles. The summed E-state index contributed by atoms with van der Waals surface area (Å²) in [7, 11) is 2.11. The highest BCUT2D eigenvalue weighted by Crippen LogP contribution is 2.17. The van der Waals surface area contributed by atoms with E-state index in [1.54, 1.807) is 0 Å². The molecule has 1 unspecified atom stereocenters. The summed E-state index contributed by atoms with van der Waals surface area (Å²) in [6.45, 7) is 8.36. The van der Waals surface area contributed by atoms with Gasteiger partial charge in [-0.1, -0.05) is 13.0 Å². The van der Waals surface area contributed by atoms with Crippen molar-refractivity contribution < 1.29 is 5.11 Å². The first kappa shape index (κ1) is 15.0. The molecule has 0 aliphatic heterocycles. The Morgan fingerprint density at radius 1 is 1.22 bits per heavy atom. The number of nitrogens with zero attached hydrogens (tertiary/aromatic N) is 1. The zero-order valence-electron chi connectivity index (χ0n) is 12.0. The van der Waals surface area contributed by atoms with Crippen LogP contribution in [0.5, 0.6) is 0 Å². The number of nitrogens with one attached hydrogen (secondary N) is 1. The van der Waals surface area contributed by atoms with Gasteiger partial charge in [-0.2, -0.15) is 0 Å². The first-order valence-electron chi connectivity index (χ1n) is 6.70. The van der Waals surface area contributed by atoms with Crippen molar-refractivity contribution in [3.05, 3.63) is 29.3 Å². The Labute approximate surface area is 111 Å². The van der Waals surface area contributed by atoms with Crippen LogP contribution < -0.4 is 10.2 Å². The van der Waals surface area contributed by atoms with Gasteiger partial charge in [0.2, 0.25) is 0 Å². The van der Waals surface area contributed by atoms with E-state index >= 15 is 0 Å². The molecule has 3 nitrogen and oxygen atoms in total. The highest BCUT2D eigenvalue weighted by Gasteiger charge is 2.08. The van der Waals surface area contributed by atoms with Gasteiger partial charge in [0.1, 0.15) is 0 Å². The molecule has 102 valence electrons. The van der Waals surface area contributed by atoms with E-state index in [1.807, 2.05) is 0 Å². The molecule has 1 atom stereocenters. The maximum atomic E-state index is 9.25. The third kappa shape index (κ3) is 4.67. The Kier molecular flexibility index (Phi) is 6.16. The van der Waals surface area contributed by atoms with E-state index in [0.717, 1.165) is 19.5 Å². The third-order valence-electron chi connectivity index (χ3n) is 3.17. The van der Waals surface area contributed by atoms with E-state index in [9.17, 15) is 5.11 Å². The molecule has 0 saturated carbocycles. The quantitative estimate of drug-likeness (QED) is 0.778. The van der Waals surface area contributed by atoms with Gasteiger partial charge in [-0.15, -0.1) is 0 Å². The second-order valence-electron chi connectivity index (χ2n) is 4.99. The summed E-state index contributed by atoms with van der Waals surface area (Å²) in [6, 6.07) is 6.79. The molecule has 0 fully saturated rings. The molecule has 0 spiro atoms. The van der Waals surface area contributed by atoms with Crippen LogP contribution in [0.4, 0.5) is 5.69 Å². The summed E-state index contributed by atoms with van der Waals surface area (Å²) < 4.78 is 0. The van der Waals surface area contributed by atoms with Gasteiger partial charge in [0, 0.05) is 25.3 Å². The highest BCUT2D eigenvalue weighted by molar-refractivity contribution is 5.50. The predicted octanol–water partition coefficient (Wildman–Crippen LogP) is 2.10. The molecule has 0 amide bonds. The molecule has 0 aliphatic carbocycles. The van der Waals surface area contributed by atoms with Gasteiger partial charge in [-0.25, -0.2) is 0 Å². The molecule has 0 bridgehead atoms. The number of likely N-dealkylation sites (N-methyl/N-ethyl adjacent to an activating group) is 1. The minimum atomic E-state index is 0.198. The van der Waals surface area contributed by atoms with E-state index in [1.165, 1.54) is 16.8 Å². The van der Waals surface area contributed by atoms with E-state index in [2.05, 4.69) is 56.2 Å². The summed E-state index contributed by atoms with van der Waals surface area (Å²) >= 11 is 0. The molecule has 1 aromatic rings. The minimum absolute atomic E-state index is 0.198. The lowest BCUT2D eigenvalue weighted by atomic mass is 10.1. The number of aliphatic hydroxyl groups is 1. The lowest BCUT2D eigenvalue weighted by Crippen LogP contribution is -2.35. The Morgan fingerprint density at radius 2 is 1.83 bits per heavy atom. The first-order chi connectivity index (χ1) is 8.56. The molecule has 0 heterocycles. The van der Waals surface area contributed by atoms with E-state index in [-0.39, 0.29) is 12.6 Å². The average Bonchev–Trinajstić information content (AvgIpc) is 2.32. The van der Waals surface area contributed by atoms with Crippen molar-refractivity contribution in [1.82, 2.24) is 5.32 Å². The maximum Gasteiger partial charge on any atom is 0.0585 e. The van der Waals surface area contributed by atoms with Gasteiger partial charge in [0.05, 0.1) is 6.61 Å². The Morgan fingerprint density at radius 3 is 2.33 bits per heavy atom. The number of aliphatic hydroxyl groups excluding tert-OH is 1. The fraction of sp³-hybridized carbons (Fsp3) is 0.600. The molecule has 3 heteroatoms. The second-order valence-corrected chi connectivity index (χ2v) is 4.99. The fourth-order valence-electron chi connectivity index (χ4n) is 2.20. The molecule has 0 aromatic heterocycles. The van der Waals surface area contributed by atoms with Crippen molar-refractivity contribution in [1.29, 1.82) is 0 Å². The standard InChI is InChI=1S/C15H26N2O/c1-5-16-14(11-18)6-7-17(4)15-9-12(2)8-13(3)10-15/h8-10,14,16,18H,5-7,11H2,1-4H3. The smallest absolute Gasteiger partial charge is 0.0585 e. The van der Waals surface area contributed by atoms with Gasteiger partial charge in [0.15, 0.2) is 0 Å². The summed E-state index contributed by atoms with van der Waals surface area (Å²) in [6.07, 6.45) is 0.952. The maximum absolute atomic E-state index is 9.25. The van der Waals surface area contributed by atoms with E-state index in [4.69, 9.17) is 0 Å². The van der Waals surface area contributed by atoms with Crippen molar-refractivity contribution in [2.45, 2.75) is 33.2 Å². The Balaban J connectivity index is 2.56. The van der Waals surface area contributed by atoms with Crippen molar-refractivity contribution >= 4 is 5.69 Å². The van der Waals surface area contributed by atoms with Crippen LogP contribution in [0, 0.1) is 13.8 Å². The lowest BCUT2D eigenvalue weighted by molar-refractivity contribution is 0.238. The Hall–Kier alpha value is -1.06. The topological polar surface area (TPSA) is 35.5 Å². The number of hydrogen-bond donors (Lipinski definition) is 2. The predicted molar refractivity (Wildman–Crippen MR) is 78.4 cm³/mol. The molecule has 2 N–H and O–H groups in total. The number of hydrogen-bond acceptors (Lipinski definition) is 3. The summed E-state index contributed by atoms with van der Waals surface area (Å²) in [5.74, 6) is 0. The molecule has 0 saturated heterocycles. The van der Waals surface area contributed by atoms with Crippen molar-refractivity contribution in [2.75, 3.05) is 31.6 Å². The van der Waals surface area contributed by atoms with Crippen LogP contribution in [-0.4, -0.2) is 37.9 Å². The van der Waals surface area contributed by atoms with Crippen LogP contribution in [0.15, 0.2) is 18.2 Å². The molecule has 18 heavy (non-hydrogen) atoms. The molecule has 0 radical (unpaired) electrons. The fourth-order valence-corrected chi connectivity index (χ4v) is 2.20. The highest BCUT2D eigenvalue weighted by atomic mass is 16.3. The molecular weight excluding hydrogens is 224 g/mol. The summed E-state index contributed by atoms with van der Waals surface area (Å²) in [5, 5.41) is 12.5. The second kappa shape index (κ2) is 7.39. The van der Waals surface area contributed by atoms with Crippen LogP contribution in [-0.2, 0) is 0 Å². The minimum Gasteiger partial charge on any atom is -0.395 e. The first-order valence-corrected chi connectivity index (χ1v) is 6.70. The van der Waals surface area contributed by atoms with E-state index in [0.29, 0.717) is 0 Å². The SMILES string of the molecule is CCNC(CO)CCN(C)c1cc(C)cc(C)c1. The third-order valence-corrected chi connectivity index (χ3v) is 3.17. The van der Waals surface area contributed by atoms with Crippen molar-refractivity contribution in [2.24, 2.45) is 0 Å². The zero-order valence-corrected chi connectivity index (χ0v) is 12.0. The van der Waals surface area contributed by atoms with Crippen LogP contribution >= 0.6 is 0 Å². The average molecular weight is 250 g/mol. The van der Waals surface area contributed by atoms with Crippen LogP contribution in [0.1, 0.15) is 24.5 Å². The number of anilines is 1. The summed E-state index contributed by atoms with van der Waals surface area (Å²) in [5.41, 5.74) is 3.84. The van der Waals surface area contributed by atoms with Crippen LogP contribution in [0.3, 0.4) is 0 Å². The van der Waals surface area contributed by atoms with Crippen molar-refractivity contribution in [3.8, 4) is 0 Å². The van der Waals surface area contributed by atoms with E-state index < -0.39 is 0 Å². The molecule has 1 rings (SSSR count). The van der Waals surface area contributed by atoms with Gasteiger partial charge in [-0.05, 0) is 50.1 Å². The number of aryl methyl sites for hydroxylation is 2. The molecular formula is C15H26N2O. The number of rotatable bonds is 7. The van der Waals surface area contributed by atoms with Gasteiger partial charge in [0.25, 0.3) is 0 Å². The molecule has 0 aliphatic rings. The van der Waals surface area contributed by atoms with Gasteiger partial charge < -0.3 is 15.3 Å². The Bertz CT molecular complexity index is 345. The monoisotopic (exact) mass is 250 g/mol. The van der Waals surface area contributed by atoms with Crippen molar-refractivity contribution in [3.63, 3.8) is 0 Å². The summed E-state index contributed by atoms with van der Waals surface area (Å²) in [4.78, 5) is 2.25. The lowest BCUT2D eigenvalue weighted by Gasteiger charge is -2.23. The van der Waals surface area contributed by atoms with Gasteiger partial charge in [-0.3, -0.25) is 0 Å². The van der Waals surface area contributed by atoms with Crippen LogP contribution in [0.2, 0.25) is 0 Å². The van der Waals surface area contributed by atoms with Crippen LogP contribution in [0.25, 0.3) is 0 Å². The largest absolute Gasteiger partial charge is 0.395 e. The normalized spacial score (nSPS) is 12.5. The van der Waals surface area contributed by atoms with Gasteiger partial charge >= 0.3 is 0 Å². The number of benzene rings is 1. The zero-order chi connectivity index (χ0) is 13.5.